The number of hydrogen-bond donors (Lipinski definition) is 0. The second-order valence-electron chi connectivity index (χ2n) is 6.63. The molecule has 1 aliphatic carbocycles. The van der Waals surface area contributed by atoms with Crippen molar-refractivity contribution < 1.29 is 14.3 Å². The molecule has 1 aromatic carbocycles. The van der Waals surface area contributed by atoms with Crippen LogP contribution in [0.15, 0.2) is 23.0 Å². The fourth-order valence-corrected chi connectivity index (χ4v) is 3.36. The van der Waals surface area contributed by atoms with Gasteiger partial charge in [-0.25, -0.2) is 9.48 Å². The lowest BCUT2D eigenvalue weighted by Gasteiger charge is -2.17. The summed E-state index contributed by atoms with van der Waals surface area (Å²) in [5.74, 6) is 0.574. The molecule has 0 amide bonds. The molecule has 27 heavy (non-hydrogen) atoms. The van der Waals surface area contributed by atoms with Crippen molar-refractivity contribution in [1.82, 2.24) is 9.78 Å². The molecule has 1 saturated carbocycles. The predicted molar refractivity (Wildman–Crippen MR) is 103 cm³/mol. The average Bonchev–Trinajstić information content (AvgIpc) is 3.44. The summed E-state index contributed by atoms with van der Waals surface area (Å²) in [5, 5.41) is 4.80. The van der Waals surface area contributed by atoms with E-state index in [1.54, 1.807) is 19.9 Å². The number of nitrogens with zero attached hydrogens (tertiary/aromatic N) is 2. The summed E-state index contributed by atoms with van der Waals surface area (Å²) >= 11 is 6.47. The van der Waals surface area contributed by atoms with Crippen LogP contribution in [0.25, 0.3) is 11.1 Å². The third-order valence-electron chi connectivity index (χ3n) is 4.58. The van der Waals surface area contributed by atoms with Crippen LogP contribution < -0.4 is 10.3 Å². The highest BCUT2D eigenvalue weighted by molar-refractivity contribution is 6.33. The van der Waals surface area contributed by atoms with Crippen molar-refractivity contribution in [3.63, 3.8) is 0 Å². The van der Waals surface area contributed by atoms with Gasteiger partial charge in [0.1, 0.15) is 5.69 Å². The highest BCUT2D eigenvalue weighted by Crippen LogP contribution is 2.37. The summed E-state index contributed by atoms with van der Waals surface area (Å²) in [6.45, 7) is 6.11. The highest BCUT2D eigenvalue weighted by Gasteiger charge is 2.28. The van der Waals surface area contributed by atoms with E-state index in [1.807, 2.05) is 19.1 Å². The average molecular weight is 391 g/mol. The summed E-state index contributed by atoms with van der Waals surface area (Å²) in [7, 11) is 0. The Kier molecular flexibility index (Phi) is 5.85. The van der Waals surface area contributed by atoms with Crippen molar-refractivity contribution in [2.24, 2.45) is 5.92 Å². The van der Waals surface area contributed by atoms with Crippen LogP contribution in [0.3, 0.4) is 0 Å². The van der Waals surface area contributed by atoms with E-state index in [9.17, 15) is 9.59 Å². The Balaban J connectivity index is 2.23. The third kappa shape index (κ3) is 4.16. The fourth-order valence-electron chi connectivity index (χ4n) is 3.07. The summed E-state index contributed by atoms with van der Waals surface area (Å²) in [5.41, 5.74) is 1.88. The van der Waals surface area contributed by atoms with Gasteiger partial charge in [0.2, 0.25) is 0 Å². The Labute approximate surface area is 163 Å². The van der Waals surface area contributed by atoms with Crippen molar-refractivity contribution in [2.45, 2.75) is 46.6 Å². The molecule has 6 nitrogen and oxygen atoms in total. The zero-order valence-electron chi connectivity index (χ0n) is 15.8. The van der Waals surface area contributed by atoms with E-state index < -0.39 is 6.16 Å². The maximum Gasteiger partial charge on any atom is 0.513 e. The minimum absolute atomic E-state index is 0.105. The van der Waals surface area contributed by atoms with Crippen molar-refractivity contribution >= 4 is 17.8 Å². The first-order valence-electron chi connectivity index (χ1n) is 9.20. The molecule has 3 rings (SSSR count). The number of carbonyl (C=O) groups is 1. The number of ether oxygens (including phenoxy) is 2. The molecular formula is C20H23ClN2O4. The summed E-state index contributed by atoms with van der Waals surface area (Å²) in [4.78, 5) is 25.2. The van der Waals surface area contributed by atoms with Gasteiger partial charge in [0.25, 0.3) is 5.56 Å². The van der Waals surface area contributed by atoms with Crippen LogP contribution in [-0.4, -0.2) is 22.5 Å². The molecule has 0 saturated heterocycles. The predicted octanol–water partition coefficient (Wildman–Crippen LogP) is 4.38. The topological polar surface area (TPSA) is 70.4 Å². The van der Waals surface area contributed by atoms with E-state index in [0.29, 0.717) is 35.2 Å². The lowest BCUT2D eigenvalue weighted by atomic mass is 9.98. The molecule has 7 heteroatoms. The maximum absolute atomic E-state index is 13.3. The molecule has 144 valence electrons. The molecule has 0 unspecified atom stereocenters. The highest BCUT2D eigenvalue weighted by atomic mass is 35.5. The monoisotopic (exact) mass is 390 g/mol. The fraction of sp³-hybridized carbons (Fsp3) is 0.450. The quantitative estimate of drug-likeness (QED) is 0.684. The van der Waals surface area contributed by atoms with Crippen LogP contribution in [0.4, 0.5) is 4.79 Å². The summed E-state index contributed by atoms with van der Waals surface area (Å²) in [6.07, 6.45) is 2.00. The molecule has 2 aromatic rings. The number of benzene rings is 1. The van der Waals surface area contributed by atoms with Crippen molar-refractivity contribution in [3.8, 4) is 16.9 Å². The lowest BCUT2D eigenvalue weighted by molar-refractivity contribution is 0.104. The van der Waals surface area contributed by atoms with Gasteiger partial charge in [-0.15, -0.1) is 0 Å². The van der Waals surface area contributed by atoms with Gasteiger partial charge in [0.15, 0.2) is 5.75 Å². The van der Waals surface area contributed by atoms with Gasteiger partial charge in [0.05, 0.1) is 12.2 Å². The minimum atomic E-state index is -0.868. The second-order valence-corrected chi connectivity index (χ2v) is 7.04. The second kappa shape index (κ2) is 8.13. The smallest absolute Gasteiger partial charge is 0.434 e. The number of rotatable bonds is 6. The minimum Gasteiger partial charge on any atom is -0.434 e. The van der Waals surface area contributed by atoms with Gasteiger partial charge in [-0.05, 0) is 50.7 Å². The molecule has 1 aliphatic rings. The number of aryl methyl sites for hydroxylation is 2. The standard InChI is InChI=1S/C20H23ClN2O4/c1-4-14-7-6-8-15(21)16(14)17-18(27-20(25)26-5-2)12(3)22-23(19(17)24)11-13-9-10-13/h6-8,13H,4-5,9-11H2,1-3H3. The molecule has 0 bridgehead atoms. The lowest BCUT2D eigenvalue weighted by Crippen LogP contribution is -2.28. The Morgan fingerprint density at radius 1 is 1.30 bits per heavy atom. The molecule has 1 aromatic heterocycles. The van der Waals surface area contributed by atoms with Crippen LogP contribution in [-0.2, 0) is 17.7 Å². The number of halogens is 1. The molecule has 1 fully saturated rings. The van der Waals surface area contributed by atoms with Gasteiger partial charge in [-0.3, -0.25) is 4.79 Å². The third-order valence-corrected chi connectivity index (χ3v) is 4.90. The first kappa shape index (κ1) is 19.4. The van der Waals surface area contributed by atoms with Crippen molar-refractivity contribution in [2.75, 3.05) is 6.61 Å². The number of aromatic nitrogens is 2. The first-order chi connectivity index (χ1) is 13.0. The van der Waals surface area contributed by atoms with Crippen LogP contribution in [0, 0.1) is 12.8 Å². The Hall–Kier alpha value is -2.34. The van der Waals surface area contributed by atoms with Gasteiger partial charge in [0, 0.05) is 17.1 Å². The van der Waals surface area contributed by atoms with Crippen molar-refractivity contribution in [1.29, 1.82) is 0 Å². The van der Waals surface area contributed by atoms with Crippen LogP contribution in [0.1, 0.15) is 37.9 Å². The van der Waals surface area contributed by atoms with Gasteiger partial charge in [-0.2, -0.15) is 5.10 Å². The van der Waals surface area contributed by atoms with Gasteiger partial charge in [-0.1, -0.05) is 30.7 Å². The van der Waals surface area contributed by atoms with E-state index in [4.69, 9.17) is 21.1 Å². The van der Waals surface area contributed by atoms with Crippen LogP contribution >= 0.6 is 11.6 Å². The number of carbonyl (C=O) groups excluding carboxylic acids is 1. The molecule has 0 atom stereocenters. The zero-order valence-corrected chi connectivity index (χ0v) is 16.5. The van der Waals surface area contributed by atoms with E-state index in [2.05, 4.69) is 5.10 Å². The number of hydrogen-bond acceptors (Lipinski definition) is 5. The summed E-state index contributed by atoms with van der Waals surface area (Å²) < 4.78 is 11.7. The summed E-state index contributed by atoms with van der Waals surface area (Å²) in [6, 6.07) is 5.48. The molecular weight excluding hydrogens is 368 g/mol. The van der Waals surface area contributed by atoms with E-state index >= 15 is 0 Å². The first-order valence-corrected chi connectivity index (χ1v) is 9.58. The normalized spacial score (nSPS) is 13.5. The maximum atomic E-state index is 13.3. The van der Waals surface area contributed by atoms with Crippen LogP contribution in [0.2, 0.25) is 5.02 Å². The molecule has 0 N–H and O–H groups in total. The van der Waals surface area contributed by atoms with Gasteiger partial charge >= 0.3 is 6.16 Å². The van der Waals surface area contributed by atoms with E-state index in [-0.39, 0.29) is 23.5 Å². The largest absolute Gasteiger partial charge is 0.513 e. The molecule has 0 radical (unpaired) electrons. The van der Waals surface area contributed by atoms with E-state index in [0.717, 1.165) is 18.4 Å². The molecule has 0 aliphatic heterocycles. The van der Waals surface area contributed by atoms with E-state index in [1.165, 1.54) is 4.68 Å². The molecule has 0 spiro atoms. The Bertz CT molecular complexity index is 919. The zero-order chi connectivity index (χ0) is 19.6. The van der Waals surface area contributed by atoms with Gasteiger partial charge < -0.3 is 9.47 Å². The SMILES string of the molecule is CCOC(=O)Oc1c(C)nn(CC2CC2)c(=O)c1-c1c(Cl)cccc1CC. The molecule has 1 heterocycles. The Morgan fingerprint density at radius 2 is 2.04 bits per heavy atom. The van der Waals surface area contributed by atoms with Crippen molar-refractivity contribution in [3.05, 3.63) is 44.8 Å². The van der Waals surface area contributed by atoms with Crippen LogP contribution in [0.5, 0.6) is 5.75 Å². The Morgan fingerprint density at radius 3 is 2.67 bits per heavy atom.